The molecular formula is C13H16BrFN4S. The minimum absolute atomic E-state index is 0.180. The summed E-state index contributed by atoms with van der Waals surface area (Å²) >= 11 is 4.67. The Morgan fingerprint density at radius 1 is 1.50 bits per heavy atom. The highest BCUT2D eigenvalue weighted by atomic mass is 79.9. The lowest BCUT2D eigenvalue weighted by Crippen LogP contribution is -2.30. The summed E-state index contributed by atoms with van der Waals surface area (Å²) in [5, 5.41) is 4.13. The maximum atomic E-state index is 13.8. The molecule has 0 aliphatic carbocycles. The molecule has 0 amide bonds. The number of hydrogen-bond donors (Lipinski definition) is 2. The minimum atomic E-state index is -0.233. The molecule has 2 rings (SSSR count). The first-order valence-corrected chi connectivity index (χ1v) is 7.93. The van der Waals surface area contributed by atoms with Gasteiger partial charge in [-0.15, -0.1) is 5.10 Å². The Morgan fingerprint density at radius 3 is 3.00 bits per heavy atom. The van der Waals surface area contributed by atoms with Crippen LogP contribution in [0.1, 0.15) is 35.5 Å². The summed E-state index contributed by atoms with van der Waals surface area (Å²) < 4.78 is 18.7. The van der Waals surface area contributed by atoms with Crippen LogP contribution in [-0.2, 0) is 12.8 Å². The lowest BCUT2D eigenvalue weighted by molar-refractivity contribution is 0.530. The van der Waals surface area contributed by atoms with Crippen LogP contribution in [0.15, 0.2) is 22.7 Å². The van der Waals surface area contributed by atoms with Gasteiger partial charge in [0.05, 0.1) is 16.6 Å². The molecule has 1 aromatic heterocycles. The van der Waals surface area contributed by atoms with Crippen LogP contribution in [0, 0.1) is 5.82 Å². The molecule has 0 saturated heterocycles. The first-order valence-electron chi connectivity index (χ1n) is 6.36. The minimum Gasteiger partial charge on any atom is -0.271 e. The zero-order valence-corrected chi connectivity index (χ0v) is 13.5. The number of aryl methyl sites for hydroxylation is 1. The van der Waals surface area contributed by atoms with Crippen molar-refractivity contribution < 1.29 is 4.39 Å². The van der Waals surface area contributed by atoms with Crippen LogP contribution in [0.4, 0.5) is 4.39 Å². The largest absolute Gasteiger partial charge is 0.271 e. The molecule has 0 fully saturated rings. The Hall–Kier alpha value is -0.890. The molecule has 0 saturated carbocycles. The van der Waals surface area contributed by atoms with Gasteiger partial charge in [0.2, 0.25) is 0 Å². The number of nitrogens with one attached hydrogen (secondary N) is 1. The number of aromatic nitrogens is 2. The maximum absolute atomic E-state index is 13.8. The third-order valence-electron chi connectivity index (χ3n) is 3.02. The first kappa shape index (κ1) is 15.5. The second-order valence-corrected chi connectivity index (χ2v) is 6.19. The number of rotatable bonds is 6. The summed E-state index contributed by atoms with van der Waals surface area (Å²) in [5.41, 5.74) is 4.30. The maximum Gasteiger partial charge on any atom is 0.126 e. The molecule has 1 unspecified atom stereocenters. The summed E-state index contributed by atoms with van der Waals surface area (Å²) in [6.45, 7) is 2.09. The SMILES string of the molecule is CCCc1nnsc1C(Cc1cc(Br)ccc1F)NN. The average Bonchev–Trinajstić information content (AvgIpc) is 2.88. The monoisotopic (exact) mass is 358 g/mol. The van der Waals surface area contributed by atoms with Crippen molar-refractivity contribution in [1.29, 1.82) is 0 Å². The van der Waals surface area contributed by atoms with Crippen molar-refractivity contribution in [2.24, 2.45) is 5.84 Å². The van der Waals surface area contributed by atoms with E-state index in [-0.39, 0.29) is 11.9 Å². The van der Waals surface area contributed by atoms with Gasteiger partial charge in [-0.05, 0) is 48.1 Å². The molecule has 0 aliphatic heterocycles. The van der Waals surface area contributed by atoms with Gasteiger partial charge in [-0.2, -0.15) is 0 Å². The Balaban J connectivity index is 2.24. The summed E-state index contributed by atoms with van der Waals surface area (Å²) in [5.74, 6) is 5.40. The highest BCUT2D eigenvalue weighted by Gasteiger charge is 2.19. The van der Waals surface area contributed by atoms with Gasteiger partial charge in [-0.25, -0.2) is 4.39 Å². The number of nitrogens with two attached hydrogens (primary N) is 1. The summed E-state index contributed by atoms with van der Waals surface area (Å²) in [4.78, 5) is 0.980. The van der Waals surface area contributed by atoms with Crippen molar-refractivity contribution >= 4 is 27.5 Å². The first-order chi connectivity index (χ1) is 9.65. The number of hydrazine groups is 1. The van der Waals surface area contributed by atoms with E-state index in [4.69, 9.17) is 5.84 Å². The topological polar surface area (TPSA) is 63.8 Å². The van der Waals surface area contributed by atoms with E-state index in [0.29, 0.717) is 12.0 Å². The van der Waals surface area contributed by atoms with Gasteiger partial charge >= 0.3 is 0 Å². The standard InChI is InChI=1S/C13H16BrFN4S/c1-2-3-11-13(20-19-18-11)12(17-16)7-8-6-9(14)4-5-10(8)15/h4-6,12,17H,2-3,7,16H2,1H3. The van der Waals surface area contributed by atoms with Crippen LogP contribution >= 0.6 is 27.5 Å². The van der Waals surface area contributed by atoms with Gasteiger partial charge < -0.3 is 0 Å². The Morgan fingerprint density at radius 2 is 2.30 bits per heavy atom. The number of benzene rings is 1. The third-order valence-corrected chi connectivity index (χ3v) is 4.39. The molecule has 1 heterocycles. The van der Waals surface area contributed by atoms with E-state index >= 15 is 0 Å². The van der Waals surface area contributed by atoms with Crippen LogP contribution < -0.4 is 11.3 Å². The predicted octanol–water partition coefficient (Wildman–Crippen LogP) is 3.14. The highest BCUT2D eigenvalue weighted by Crippen LogP contribution is 2.26. The molecule has 7 heteroatoms. The molecule has 3 N–H and O–H groups in total. The van der Waals surface area contributed by atoms with Crippen molar-refractivity contribution in [2.75, 3.05) is 0 Å². The van der Waals surface area contributed by atoms with Crippen LogP contribution in [0.3, 0.4) is 0 Å². The Bertz CT molecular complexity index is 575. The molecule has 0 aliphatic rings. The van der Waals surface area contributed by atoms with Crippen LogP contribution in [0.2, 0.25) is 0 Å². The predicted molar refractivity (Wildman–Crippen MR) is 81.8 cm³/mol. The summed E-state index contributed by atoms with van der Waals surface area (Å²) in [6.07, 6.45) is 2.30. The van der Waals surface area contributed by atoms with Crippen molar-refractivity contribution in [3.8, 4) is 0 Å². The number of hydrogen-bond acceptors (Lipinski definition) is 5. The molecule has 1 atom stereocenters. The fourth-order valence-corrected chi connectivity index (χ4v) is 3.20. The zero-order valence-electron chi connectivity index (χ0n) is 11.1. The highest BCUT2D eigenvalue weighted by molar-refractivity contribution is 9.10. The smallest absolute Gasteiger partial charge is 0.126 e. The molecule has 4 nitrogen and oxygen atoms in total. The molecule has 0 radical (unpaired) electrons. The third kappa shape index (κ3) is 3.60. The lowest BCUT2D eigenvalue weighted by atomic mass is 10.0. The molecule has 1 aromatic carbocycles. The quantitative estimate of drug-likeness (QED) is 0.614. The van der Waals surface area contributed by atoms with E-state index in [1.165, 1.54) is 17.6 Å². The molecular weight excluding hydrogens is 343 g/mol. The fourth-order valence-electron chi connectivity index (χ4n) is 2.04. The van der Waals surface area contributed by atoms with Gasteiger partial charge in [0.25, 0.3) is 0 Å². The van der Waals surface area contributed by atoms with Crippen LogP contribution in [-0.4, -0.2) is 9.59 Å². The summed E-state index contributed by atoms with van der Waals surface area (Å²) in [6, 6.07) is 4.72. The molecule has 2 aromatic rings. The second-order valence-electron chi connectivity index (χ2n) is 4.49. The van der Waals surface area contributed by atoms with Crippen molar-refractivity contribution in [2.45, 2.75) is 32.2 Å². The normalized spacial score (nSPS) is 12.6. The number of nitrogens with zero attached hydrogens (tertiary/aromatic N) is 2. The van der Waals surface area contributed by atoms with Gasteiger partial charge in [0.15, 0.2) is 0 Å². The second kappa shape index (κ2) is 7.21. The summed E-state index contributed by atoms with van der Waals surface area (Å²) in [7, 11) is 0. The van der Waals surface area contributed by atoms with Crippen molar-refractivity contribution in [3.63, 3.8) is 0 Å². The van der Waals surface area contributed by atoms with Crippen molar-refractivity contribution in [3.05, 3.63) is 44.6 Å². The van der Waals surface area contributed by atoms with Gasteiger partial charge in [0, 0.05) is 4.47 Å². The lowest BCUT2D eigenvalue weighted by Gasteiger charge is -2.15. The Kier molecular flexibility index (Phi) is 5.59. The van der Waals surface area contributed by atoms with E-state index in [2.05, 4.69) is 37.9 Å². The van der Waals surface area contributed by atoms with E-state index < -0.39 is 0 Å². The fraction of sp³-hybridized carbons (Fsp3) is 0.385. The molecule has 0 bridgehead atoms. The van der Waals surface area contributed by atoms with E-state index in [9.17, 15) is 4.39 Å². The molecule has 20 heavy (non-hydrogen) atoms. The van der Waals surface area contributed by atoms with Gasteiger partial charge in [0.1, 0.15) is 5.82 Å². The van der Waals surface area contributed by atoms with Gasteiger partial charge in [-0.1, -0.05) is 33.8 Å². The number of halogens is 2. The van der Waals surface area contributed by atoms with E-state index in [1.54, 1.807) is 12.1 Å². The van der Waals surface area contributed by atoms with Crippen LogP contribution in [0.25, 0.3) is 0 Å². The van der Waals surface area contributed by atoms with Crippen molar-refractivity contribution in [1.82, 2.24) is 15.0 Å². The van der Waals surface area contributed by atoms with Crippen LogP contribution in [0.5, 0.6) is 0 Å². The average molecular weight is 359 g/mol. The molecule has 108 valence electrons. The van der Waals surface area contributed by atoms with Gasteiger partial charge in [-0.3, -0.25) is 11.3 Å². The van der Waals surface area contributed by atoms with E-state index in [0.717, 1.165) is 27.9 Å². The van der Waals surface area contributed by atoms with E-state index in [1.807, 2.05) is 0 Å². The molecule has 0 spiro atoms. The Labute approximate surface area is 129 Å². The zero-order chi connectivity index (χ0) is 14.5.